The lowest BCUT2D eigenvalue weighted by Crippen LogP contribution is -1.98. The highest BCUT2D eigenvalue weighted by molar-refractivity contribution is 6.14. The molecule has 3 nitrogen and oxygen atoms in total. The third-order valence-corrected chi connectivity index (χ3v) is 4.70. The molecular formula is C26H22O3. The van der Waals surface area contributed by atoms with Crippen LogP contribution in [0.3, 0.4) is 0 Å². The van der Waals surface area contributed by atoms with Crippen molar-refractivity contribution in [1.29, 1.82) is 0 Å². The fourth-order valence-corrected chi connectivity index (χ4v) is 3.12. The van der Waals surface area contributed by atoms with Gasteiger partial charge in [-0.2, -0.15) is 0 Å². The van der Waals surface area contributed by atoms with Gasteiger partial charge in [0.1, 0.15) is 18.1 Å². The zero-order valence-electron chi connectivity index (χ0n) is 16.5. The standard InChI is InChI=1S/C26H22O3/c1-18(2)14-15-28-22-12-13-23-24(17-22)29-25(26(23)27)16-19-8-10-21(11-9-19)20-6-4-3-5-7-20/h3-14,16-17H,15H2,1-2H3/b25-16-. The van der Waals surface area contributed by atoms with Gasteiger partial charge in [-0.15, -0.1) is 0 Å². The molecule has 3 heteroatoms. The summed E-state index contributed by atoms with van der Waals surface area (Å²) in [5, 5.41) is 0. The average molecular weight is 382 g/mol. The lowest BCUT2D eigenvalue weighted by molar-refractivity contribution is 0.101. The summed E-state index contributed by atoms with van der Waals surface area (Å²) in [5.74, 6) is 1.44. The van der Waals surface area contributed by atoms with E-state index in [0.717, 1.165) is 16.7 Å². The van der Waals surface area contributed by atoms with Gasteiger partial charge in [0.25, 0.3) is 0 Å². The van der Waals surface area contributed by atoms with Crippen LogP contribution in [0.1, 0.15) is 29.8 Å². The monoisotopic (exact) mass is 382 g/mol. The number of carbonyl (C=O) groups is 1. The molecule has 3 aromatic rings. The van der Waals surface area contributed by atoms with E-state index in [2.05, 4.69) is 12.1 Å². The first-order valence-electron chi connectivity index (χ1n) is 9.60. The van der Waals surface area contributed by atoms with Crippen LogP contribution >= 0.6 is 0 Å². The summed E-state index contributed by atoms with van der Waals surface area (Å²) in [6.07, 6.45) is 3.78. The van der Waals surface area contributed by atoms with Crippen molar-refractivity contribution in [3.63, 3.8) is 0 Å². The minimum absolute atomic E-state index is 0.108. The molecule has 144 valence electrons. The SMILES string of the molecule is CC(C)=CCOc1ccc2c(c1)O/C(=C\c1ccc(-c3ccccc3)cc1)C2=O. The van der Waals surface area contributed by atoms with Crippen LogP contribution in [0, 0.1) is 0 Å². The predicted octanol–water partition coefficient (Wildman–Crippen LogP) is 6.31. The Balaban J connectivity index is 1.51. The topological polar surface area (TPSA) is 35.5 Å². The average Bonchev–Trinajstić information content (AvgIpc) is 3.04. The smallest absolute Gasteiger partial charge is 0.231 e. The summed E-state index contributed by atoms with van der Waals surface area (Å²) in [4.78, 5) is 12.7. The number of ether oxygens (including phenoxy) is 2. The Hall–Kier alpha value is -3.59. The van der Waals surface area contributed by atoms with E-state index in [1.807, 2.05) is 62.4 Å². The second-order valence-electron chi connectivity index (χ2n) is 7.18. The van der Waals surface area contributed by atoms with Crippen LogP contribution in [-0.4, -0.2) is 12.4 Å². The number of rotatable bonds is 5. The molecule has 4 rings (SSSR count). The minimum Gasteiger partial charge on any atom is -0.489 e. The normalized spacial score (nSPS) is 13.7. The molecule has 3 aromatic carbocycles. The first-order valence-corrected chi connectivity index (χ1v) is 9.60. The van der Waals surface area contributed by atoms with E-state index in [0.29, 0.717) is 29.4 Å². The summed E-state index contributed by atoms with van der Waals surface area (Å²) in [6, 6.07) is 23.6. The van der Waals surface area contributed by atoms with Crippen molar-refractivity contribution in [3.8, 4) is 22.6 Å². The molecule has 0 bridgehead atoms. The number of hydrogen-bond acceptors (Lipinski definition) is 3. The van der Waals surface area contributed by atoms with Crippen LogP contribution in [0.15, 0.2) is 90.2 Å². The Bertz CT molecular complexity index is 1090. The van der Waals surface area contributed by atoms with Crippen molar-refractivity contribution in [2.24, 2.45) is 0 Å². The van der Waals surface area contributed by atoms with Crippen molar-refractivity contribution in [1.82, 2.24) is 0 Å². The Labute approximate surface area is 170 Å². The van der Waals surface area contributed by atoms with E-state index in [-0.39, 0.29) is 5.78 Å². The van der Waals surface area contributed by atoms with Gasteiger partial charge in [-0.05, 0) is 54.8 Å². The van der Waals surface area contributed by atoms with E-state index >= 15 is 0 Å². The fraction of sp³-hybridized carbons (Fsp3) is 0.115. The number of ketones is 1. The van der Waals surface area contributed by atoms with Crippen LogP contribution < -0.4 is 9.47 Å². The molecule has 0 saturated heterocycles. The van der Waals surface area contributed by atoms with Crippen molar-refractivity contribution in [2.75, 3.05) is 6.61 Å². The van der Waals surface area contributed by atoms with Crippen molar-refractivity contribution in [3.05, 3.63) is 101 Å². The van der Waals surface area contributed by atoms with Gasteiger partial charge >= 0.3 is 0 Å². The molecular weight excluding hydrogens is 360 g/mol. The van der Waals surface area contributed by atoms with Gasteiger partial charge in [-0.3, -0.25) is 4.79 Å². The maximum atomic E-state index is 12.7. The maximum absolute atomic E-state index is 12.7. The molecule has 0 N–H and O–H groups in total. The van der Waals surface area contributed by atoms with Crippen LogP contribution in [0.4, 0.5) is 0 Å². The molecule has 0 atom stereocenters. The van der Waals surface area contributed by atoms with Gasteiger partial charge in [0.2, 0.25) is 5.78 Å². The summed E-state index contributed by atoms with van der Waals surface area (Å²) in [6.45, 7) is 4.54. The first kappa shape index (κ1) is 18.8. The van der Waals surface area contributed by atoms with Crippen LogP contribution in [0.25, 0.3) is 17.2 Å². The first-order chi connectivity index (χ1) is 14.1. The number of hydrogen-bond donors (Lipinski definition) is 0. The Kier molecular flexibility index (Phi) is 5.30. The molecule has 29 heavy (non-hydrogen) atoms. The molecule has 0 aliphatic carbocycles. The van der Waals surface area contributed by atoms with E-state index < -0.39 is 0 Å². The molecule has 0 unspecified atom stereocenters. The zero-order valence-corrected chi connectivity index (χ0v) is 16.5. The number of fused-ring (bicyclic) bond motifs is 1. The number of Topliss-reactive ketones (excluding diaryl/α,β-unsaturated/α-hetero) is 1. The fourth-order valence-electron chi connectivity index (χ4n) is 3.12. The predicted molar refractivity (Wildman–Crippen MR) is 116 cm³/mol. The van der Waals surface area contributed by atoms with Gasteiger partial charge in [-0.1, -0.05) is 60.2 Å². The lowest BCUT2D eigenvalue weighted by atomic mass is 10.0. The van der Waals surface area contributed by atoms with Crippen LogP contribution in [-0.2, 0) is 0 Å². The highest BCUT2D eigenvalue weighted by Gasteiger charge is 2.27. The zero-order chi connectivity index (χ0) is 20.2. The molecule has 0 aromatic heterocycles. The van der Waals surface area contributed by atoms with Gasteiger partial charge in [0.05, 0.1) is 5.56 Å². The van der Waals surface area contributed by atoms with Gasteiger partial charge in [0, 0.05) is 6.07 Å². The Morgan fingerprint density at radius 3 is 2.38 bits per heavy atom. The Morgan fingerprint density at radius 2 is 1.66 bits per heavy atom. The van der Waals surface area contributed by atoms with Crippen LogP contribution in [0.2, 0.25) is 0 Å². The number of benzene rings is 3. The van der Waals surface area contributed by atoms with Crippen molar-refractivity contribution < 1.29 is 14.3 Å². The summed E-state index contributed by atoms with van der Waals surface area (Å²) >= 11 is 0. The van der Waals surface area contributed by atoms with E-state index in [1.165, 1.54) is 5.57 Å². The highest BCUT2D eigenvalue weighted by atomic mass is 16.5. The molecule has 0 spiro atoms. The second kappa shape index (κ2) is 8.19. The molecule has 0 saturated carbocycles. The second-order valence-corrected chi connectivity index (χ2v) is 7.18. The molecule has 0 amide bonds. The van der Waals surface area contributed by atoms with Gasteiger partial charge < -0.3 is 9.47 Å². The molecule has 1 aliphatic rings. The lowest BCUT2D eigenvalue weighted by Gasteiger charge is -2.05. The molecule has 1 aliphatic heterocycles. The minimum atomic E-state index is -0.108. The third-order valence-electron chi connectivity index (χ3n) is 4.70. The molecule has 1 heterocycles. The molecule has 0 radical (unpaired) electrons. The van der Waals surface area contributed by atoms with E-state index in [9.17, 15) is 4.79 Å². The maximum Gasteiger partial charge on any atom is 0.231 e. The van der Waals surface area contributed by atoms with Crippen molar-refractivity contribution >= 4 is 11.9 Å². The van der Waals surface area contributed by atoms with Gasteiger partial charge in [0.15, 0.2) is 5.76 Å². The number of carbonyl (C=O) groups excluding carboxylic acids is 1. The Morgan fingerprint density at radius 1 is 0.931 bits per heavy atom. The van der Waals surface area contributed by atoms with E-state index in [1.54, 1.807) is 24.3 Å². The quantitative estimate of drug-likeness (QED) is 0.383. The largest absolute Gasteiger partial charge is 0.489 e. The van der Waals surface area contributed by atoms with Crippen molar-refractivity contribution in [2.45, 2.75) is 13.8 Å². The summed E-state index contributed by atoms with van der Waals surface area (Å²) in [5.41, 5.74) is 4.97. The number of allylic oxidation sites excluding steroid dienone is 2. The third kappa shape index (κ3) is 4.30. The molecule has 0 fully saturated rings. The van der Waals surface area contributed by atoms with Gasteiger partial charge in [-0.25, -0.2) is 0 Å². The summed E-state index contributed by atoms with van der Waals surface area (Å²) < 4.78 is 11.5. The van der Waals surface area contributed by atoms with E-state index in [4.69, 9.17) is 9.47 Å². The van der Waals surface area contributed by atoms with Crippen LogP contribution in [0.5, 0.6) is 11.5 Å². The highest BCUT2D eigenvalue weighted by Crippen LogP contribution is 2.35. The summed E-state index contributed by atoms with van der Waals surface area (Å²) in [7, 11) is 0.